The zero-order valence-corrected chi connectivity index (χ0v) is 24.0. The summed E-state index contributed by atoms with van der Waals surface area (Å²) in [5.74, 6) is 0.965. The Hall–Kier alpha value is -4.91. The van der Waals surface area contributed by atoms with Crippen molar-refractivity contribution in [3.05, 3.63) is 93.3 Å². The van der Waals surface area contributed by atoms with Crippen LogP contribution < -0.4 is 19.7 Å². The topological polar surface area (TPSA) is 142 Å². The SMILES string of the molecule is COc1ccc(OC)c(-n2c(CNC(=O)c3cccc([N+](=O)[O-])c3C)nnc2SCC(=O)N2CCc3ccccc32)c1. The molecule has 0 saturated heterocycles. The van der Waals surface area contributed by atoms with Gasteiger partial charge in [-0.15, -0.1) is 10.2 Å². The van der Waals surface area contributed by atoms with Crippen LogP contribution in [0.1, 0.15) is 27.3 Å². The number of para-hydroxylation sites is 1. The van der Waals surface area contributed by atoms with Crippen LogP contribution in [0.5, 0.6) is 11.5 Å². The van der Waals surface area contributed by atoms with Crippen LogP contribution in [0.15, 0.2) is 65.8 Å². The highest BCUT2D eigenvalue weighted by Gasteiger charge is 2.26. The third-order valence-corrected chi connectivity index (χ3v) is 7.91. The van der Waals surface area contributed by atoms with Crippen molar-refractivity contribution in [1.29, 1.82) is 0 Å². The summed E-state index contributed by atoms with van der Waals surface area (Å²) in [7, 11) is 3.08. The molecular weight excluding hydrogens is 560 g/mol. The number of carbonyl (C=O) groups excluding carboxylic acids is 2. The van der Waals surface area contributed by atoms with Crippen LogP contribution in [0.2, 0.25) is 0 Å². The number of nitrogens with zero attached hydrogens (tertiary/aromatic N) is 5. The zero-order valence-electron chi connectivity index (χ0n) is 23.2. The molecule has 2 heterocycles. The molecule has 3 aromatic carbocycles. The second-order valence-electron chi connectivity index (χ2n) is 9.37. The van der Waals surface area contributed by atoms with Gasteiger partial charge in [-0.25, -0.2) is 0 Å². The highest BCUT2D eigenvalue weighted by atomic mass is 32.2. The molecule has 1 aliphatic heterocycles. The summed E-state index contributed by atoms with van der Waals surface area (Å²) in [5.41, 5.74) is 2.90. The number of hydrogen-bond donors (Lipinski definition) is 1. The number of benzene rings is 3. The Bertz CT molecular complexity index is 1670. The molecule has 1 aromatic heterocycles. The second-order valence-corrected chi connectivity index (χ2v) is 10.3. The van der Waals surface area contributed by atoms with Gasteiger partial charge >= 0.3 is 0 Å². The molecular formula is C29H28N6O6S. The first-order valence-electron chi connectivity index (χ1n) is 13.0. The van der Waals surface area contributed by atoms with Crippen molar-refractivity contribution >= 4 is 35.0 Å². The number of rotatable bonds is 10. The lowest BCUT2D eigenvalue weighted by atomic mass is 10.1. The molecule has 0 radical (unpaired) electrons. The van der Waals surface area contributed by atoms with Crippen LogP contribution in [-0.4, -0.2) is 58.0 Å². The molecule has 0 saturated carbocycles. The number of nitro benzene ring substituents is 1. The molecule has 5 rings (SSSR count). The van der Waals surface area contributed by atoms with E-state index in [0.717, 1.165) is 17.7 Å². The lowest BCUT2D eigenvalue weighted by Crippen LogP contribution is -2.30. The van der Waals surface area contributed by atoms with Crippen LogP contribution in [0.4, 0.5) is 11.4 Å². The number of ether oxygens (including phenoxy) is 2. The van der Waals surface area contributed by atoms with E-state index in [-0.39, 0.29) is 35.0 Å². The van der Waals surface area contributed by atoms with Crippen molar-refractivity contribution in [3.8, 4) is 17.2 Å². The van der Waals surface area contributed by atoms with E-state index in [9.17, 15) is 19.7 Å². The van der Waals surface area contributed by atoms with Crippen molar-refractivity contribution in [2.75, 3.05) is 31.4 Å². The summed E-state index contributed by atoms with van der Waals surface area (Å²) in [6.07, 6.45) is 0.803. The van der Waals surface area contributed by atoms with Gasteiger partial charge in [-0.05, 0) is 43.2 Å². The maximum Gasteiger partial charge on any atom is 0.273 e. The summed E-state index contributed by atoms with van der Waals surface area (Å²) in [4.78, 5) is 38.9. The fourth-order valence-electron chi connectivity index (χ4n) is 4.85. The predicted octanol–water partition coefficient (Wildman–Crippen LogP) is 4.11. The second kappa shape index (κ2) is 12.3. The van der Waals surface area contributed by atoms with E-state index >= 15 is 0 Å². The molecule has 12 nitrogen and oxygen atoms in total. The van der Waals surface area contributed by atoms with Crippen LogP contribution in [0.3, 0.4) is 0 Å². The Labute approximate surface area is 245 Å². The molecule has 0 atom stereocenters. The van der Waals surface area contributed by atoms with Crippen LogP contribution in [-0.2, 0) is 17.8 Å². The van der Waals surface area contributed by atoms with Crippen molar-refractivity contribution in [2.24, 2.45) is 0 Å². The van der Waals surface area contributed by atoms with E-state index < -0.39 is 10.8 Å². The normalized spacial score (nSPS) is 12.1. The third kappa shape index (κ3) is 5.63. The average molecular weight is 589 g/mol. The van der Waals surface area contributed by atoms with E-state index in [1.54, 1.807) is 34.8 Å². The summed E-state index contributed by atoms with van der Waals surface area (Å²) in [5, 5.41) is 23.2. The number of anilines is 1. The molecule has 1 aliphatic rings. The molecule has 1 N–H and O–H groups in total. The van der Waals surface area contributed by atoms with E-state index in [4.69, 9.17) is 9.47 Å². The van der Waals surface area contributed by atoms with Gasteiger partial charge in [-0.2, -0.15) is 0 Å². The van der Waals surface area contributed by atoms with Gasteiger partial charge in [-0.1, -0.05) is 36.0 Å². The predicted molar refractivity (Wildman–Crippen MR) is 157 cm³/mol. The van der Waals surface area contributed by atoms with Crippen LogP contribution in [0.25, 0.3) is 5.69 Å². The Morgan fingerprint density at radius 2 is 1.86 bits per heavy atom. The Balaban J connectivity index is 1.43. The number of amides is 2. The number of methoxy groups -OCH3 is 2. The highest BCUT2D eigenvalue weighted by Crippen LogP contribution is 2.33. The average Bonchev–Trinajstić information content (AvgIpc) is 3.62. The zero-order chi connectivity index (χ0) is 29.8. The van der Waals surface area contributed by atoms with Gasteiger partial charge in [-0.3, -0.25) is 24.3 Å². The number of nitro groups is 1. The van der Waals surface area contributed by atoms with E-state index in [1.807, 2.05) is 24.3 Å². The van der Waals surface area contributed by atoms with Gasteiger partial charge in [0.2, 0.25) is 5.91 Å². The van der Waals surface area contributed by atoms with Crippen LogP contribution in [0, 0.1) is 17.0 Å². The molecule has 13 heteroatoms. The van der Waals surface area contributed by atoms with Crippen molar-refractivity contribution < 1.29 is 24.0 Å². The standard InChI is InChI=1S/C29H28N6O6S/c1-18-21(8-6-10-22(18)35(38)39)28(37)30-16-26-31-32-29(34(26)24-15-20(40-2)11-12-25(24)41-3)42-17-27(36)33-14-13-19-7-4-5-9-23(19)33/h4-12,15H,13-14,16-17H2,1-3H3,(H,30,37). The number of fused-ring (bicyclic) bond motifs is 1. The van der Waals surface area contributed by atoms with E-state index in [2.05, 4.69) is 15.5 Å². The Kier molecular flexibility index (Phi) is 8.38. The van der Waals surface area contributed by atoms with Gasteiger partial charge in [0.25, 0.3) is 11.6 Å². The van der Waals surface area contributed by atoms with Crippen molar-refractivity contribution in [3.63, 3.8) is 0 Å². The smallest absolute Gasteiger partial charge is 0.273 e. The molecule has 2 amide bonds. The number of carbonyl (C=O) groups is 2. The maximum absolute atomic E-state index is 13.2. The third-order valence-electron chi connectivity index (χ3n) is 6.99. The van der Waals surface area contributed by atoms with Crippen LogP contribution >= 0.6 is 11.8 Å². The fourth-order valence-corrected chi connectivity index (χ4v) is 5.68. The first-order valence-corrected chi connectivity index (χ1v) is 14.0. The summed E-state index contributed by atoms with van der Waals surface area (Å²) in [6, 6.07) is 17.4. The van der Waals surface area contributed by atoms with Gasteiger partial charge in [0.05, 0.1) is 37.1 Å². The van der Waals surface area contributed by atoms with Gasteiger partial charge in [0.15, 0.2) is 11.0 Å². The quantitative estimate of drug-likeness (QED) is 0.165. The minimum absolute atomic E-state index is 0.0532. The molecule has 0 aliphatic carbocycles. The first-order chi connectivity index (χ1) is 20.3. The van der Waals surface area contributed by atoms with Gasteiger partial charge in [0.1, 0.15) is 11.5 Å². The molecule has 0 spiro atoms. The first kappa shape index (κ1) is 28.6. The minimum Gasteiger partial charge on any atom is -0.497 e. The summed E-state index contributed by atoms with van der Waals surface area (Å²) < 4.78 is 12.7. The Morgan fingerprint density at radius 3 is 2.62 bits per heavy atom. The highest BCUT2D eigenvalue weighted by molar-refractivity contribution is 7.99. The Morgan fingerprint density at radius 1 is 1.05 bits per heavy atom. The number of aromatic nitrogens is 3. The van der Waals surface area contributed by atoms with Crippen molar-refractivity contribution in [2.45, 2.75) is 25.0 Å². The van der Waals surface area contributed by atoms with E-state index in [0.29, 0.717) is 34.7 Å². The fraction of sp³-hybridized carbons (Fsp3) is 0.241. The molecule has 4 aromatic rings. The number of hydrogen-bond acceptors (Lipinski definition) is 9. The monoisotopic (exact) mass is 588 g/mol. The molecule has 42 heavy (non-hydrogen) atoms. The molecule has 0 fully saturated rings. The largest absolute Gasteiger partial charge is 0.497 e. The molecule has 0 unspecified atom stereocenters. The summed E-state index contributed by atoms with van der Waals surface area (Å²) >= 11 is 1.22. The van der Waals surface area contributed by atoms with E-state index in [1.165, 1.54) is 44.0 Å². The number of thioether (sulfide) groups is 1. The maximum atomic E-state index is 13.2. The minimum atomic E-state index is -0.524. The number of nitrogens with one attached hydrogen (secondary N) is 1. The summed E-state index contributed by atoms with van der Waals surface area (Å²) in [6.45, 7) is 2.09. The lowest BCUT2D eigenvalue weighted by molar-refractivity contribution is -0.385. The molecule has 0 bridgehead atoms. The van der Waals surface area contributed by atoms with Gasteiger partial charge in [0, 0.05) is 35.5 Å². The molecule has 216 valence electrons. The van der Waals surface area contributed by atoms with Gasteiger partial charge < -0.3 is 19.7 Å². The van der Waals surface area contributed by atoms with Crippen molar-refractivity contribution in [1.82, 2.24) is 20.1 Å². The lowest BCUT2D eigenvalue weighted by Gasteiger charge is -2.18.